The third-order valence-electron chi connectivity index (χ3n) is 15.3. The van der Waals surface area contributed by atoms with E-state index in [1.807, 2.05) is 21.1 Å². The average molecular weight is 1310 g/mol. The number of hydrogen-bond donors (Lipinski definition) is 0. The Morgan fingerprint density at radius 3 is 0.842 bits per heavy atom. The van der Waals surface area contributed by atoms with Gasteiger partial charge in [-0.1, -0.05) is 311 Å². The highest BCUT2D eigenvalue weighted by Gasteiger charge is 2.22. The lowest BCUT2D eigenvalue weighted by Gasteiger charge is -2.26. The molecule has 0 rings (SSSR count). The lowest BCUT2D eigenvalue weighted by molar-refractivity contribution is -0.870. The smallest absolute Gasteiger partial charge is 0.306 e. The number of quaternary nitrogens is 1. The van der Waals surface area contributed by atoms with Crippen molar-refractivity contribution in [2.45, 2.75) is 283 Å². The van der Waals surface area contributed by atoms with Crippen molar-refractivity contribution in [2.24, 2.45) is 0 Å². The number of likely N-dealkylation sites (N-methyl/N-ethyl adjacent to an activating group) is 1. The zero-order chi connectivity index (χ0) is 69.0. The number of ether oxygens (including phenoxy) is 4. The minimum absolute atomic E-state index is 0.137. The maximum absolute atomic E-state index is 13.0. The molecule has 0 saturated heterocycles. The molecule has 95 heavy (non-hydrogen) atoms. The first kappa shape index (κ1) is 89.1. The lowest BCUT2D eigenvalue weighted by Crippen LogP contribution is -2.44. The molecule has 0 fully saturated rings. The molecule has 0 aliphatic carbocycles. The van der Waals surface area contributed by atoms with Crippen LogP contribution >= 0.6 is 0 Å². The minimum Gasteiger partial charge on any atom is -0.545 e. The Hall–Kier alpha value is -5.87. The maximum atomic E-state index is 13.0. The first-order valence-electron chi connectivity index (χ1n) is 37.6. The number of esters is 2. The normalized spacial score (nSPS) is 13.8. The zero-order valence-corrected chi connectivity index (χ0v) is 61.0. The van der Waals surface area contributed by atoms with Crippen molar-refractivity contribution in [3.05, 3.63) is 194 Å². The molecular weight excluding hydrogens is 1170 g/mol. The number of carbonyl (C=O) groups excluding carboxylic acids is 3. The first-order chi connectivity index (χ1) is 46.6. The maximum Gasteiger partial charge on any atom is 0.306 e. The van der Waals surface area contributed by atoms with Gasteiger partial charge in [0.25, 0.3) is 0 Å². The van der Waals surface area contributed by atoms with E-state index < -0.39 is 24.3 Å². The van der Waals surface area contributed by atoms with Gasteiger partial charge in [-0.3, -0.25) is 9.59 Å². The second-order valence-corrected chi connectivity index (χ2v) is 25.5. The third kappa shape index (κ3) is 75.4. The van der Waals surface area contributed by atoms with Crippen LogP contribution in [0.2, 0.25) is 0 Å². The highest BCUT2D eigenvalue weighted by atomic mass is 16.7. The molecule has 0 saturated carbocycles. The summed E-state index contributed by atoms with van der Waals surface area (Å²) in [4.78, 5) is 37.6. The van der Waals surface area contributed by atoms with E-state index in [0.717, 1.165) is 161 Å². The summed E-state index contributed by atoms with van der Waals surface area (Å²) in [6.07, 6.45) is 111. The fourth-order valence-electron chi connectivity index (χ4n) is 9.69. The van der Waals surface area contributed by atoms with Gasteiger partial charge in [-0.25, -0.2) is 0 Å². The molecule has 0 bridgehead atoms. The molecule has 0 aromatic carbocycles. The zero-order valence-electron chi connectivity index (χ0n) is 61.0. The Morgan fingerprint density at radius 1 is 0.316 bits per heavy atom. The molecule has 2 unspecified atom stereocenters. The van der Waals surface area contributed by atoms with Gasteiger partial charge in [0.1, 0.15) is 13.2 Å². The van der Waals surface area contributed by atoms with Crippen molar-refractivity contribution in [1.29, 1.82) is 0 Å². The molecule has 0 aromatic heterocycles. The molecule has 0 spiro atoms. The molecule has 9 nitrogen and oxygen atoms in total. The molecule has 0 aliphatic heterocycles. The van der Waals surface area contributed by atoms with Crippen LogP contribution in [0.5, 0.6) is 0 Å². The summed E-state index contributed by atoms with van der Waals surface area (Å²) in [6.45, 7) is 4.50. The SMILES string of the molecule is CC/C=C\C/C=C\C/C=C\C/C=C\C/C=C\C/C=C\C/C=C\C/C=C\C/C=C\C/C=C\CCCCCCCCCCCCC(=O)OC(COC(=O)CCCCCCCCCCCC/C=C\C/C=C\C/C=C\C/C=C\C/C=C\C/C=C\CC)COC(OCC[N+](C)(C)C)C(=O)[O-]. The van der Waals surface area contributed by atoms with Crippen LogP contribution in [0.25, 0.3) is 0 Å². The summed E-state index contributed by atoms with van der Waals surface area (Å²) in [5.74, 6) is -2.31. The minimum atomic E-state index is -1.64. The van der Waals surface area contributed by atoms with Gasteiger partial charge in [-0.15, -0.1) is 0 Å². The molecular formula is C86H137NO8. The first-order valence-corrected chi connectivity index (χ1v) is 37.6. The molecule has 0 heterocycles. The van der Waals surface area contributed by atoms with E-state index in [9.17, 15) is 19.5 Å². The monoisotopic (exact) mass is 1310 g/mol. The van der Waals surface area contributed by atoms with Crippen LogP contribution < -0.4 is 5.11 Å². The molecule has 0 aromatic rings. The number of allylic oxidation sites excluding steroid dienone is 32. The molecule has 0 N–H and O–H groups in total. The summed E-state index contributed by atoms with van der Waals surface area (Å²) < 4.78 is 22.8. The van der Waals surface area contributed by atoms with Crippen LogP contribution in [0, 0.1) is 0 Å². The van der Waals surface area contributed by atoms with Crippen molar-refractivity contribution < 1.29 is 42.9 Å². The number of carboxylic acid groups (broad SMARTS) is 1. The number of rotatable bonds is 67. The standard InChI is InChI=1S/C86H137NO8/c1-6-8-10-12-14-16-18-20-22-24-26-28-30-32-34-36-37-38-39-40-41-42-43-44-45-46-47-49-51-53-55-57-59-61-63-65-67-69-71-73-75-77-84(89)95-82(81-94-86(85(90)91)92-79-78-87(3,4)5)80-93-83(88)76-74-72-70-68-66-64-62-60-58-56-54-52-50-48-35-33-31-29-27-25-23-21-19-17-15-13-11-9-7-2/h8-11,14-17,20-23,26-29,32-35,37-38,40-41,43-44,46-47,50-53,82,86H,6-7,12-13,18-19,24-25,30-31,36,39,42,45,48-49,54-81H2,1-5H3/b10-8-,11-9-,16-14-,17-15-,22-20-,23-21-,28-26-,29-27-,34-32-,35-33-,38-37-,41-40-,44-43-,47-46-,52-50-,53-51-. The fourth-order valence-corrected chi connectivity index (χ4v) is 9.69. The van der Waals surface area contributed by atoms with E-state index in [-0.39, 0.29) is 38.6 Å². The van der Waals surface area contributed by atoms with Gasteiger partial charge in [-0.2, -0.15) is 0 Å². The molecule has 534 valence electrons. The van der Waals surface area contributed by atoms with Gasteiger partial charge in [0, 0.05) is 12.8 Å². The predicted octanol–water partition coefficient (Wildman–Crippen LogP) is 22.8. The van der Waals surface area contributed by atoms with Gasteiger partial charge >= 0.3 is 11.9 Å². The van der Waals surface area contributed by atoms with E-state index in [2.05, 4.69) is 208 Å². The van der Waals surface area contributed by atoms with Gasteiger partial charge in [-0.05, 0) is 141 Å². The second-order valence-electron chi connectivity index (χ2n) is 25.5. The highest BCUT2D eigenvalue weighted by Crippen LogP contribution is 2.16. The summed E-state index contributed by atoms with van der Waals surface area (Å²) in [5, 5.41) is 11.8. The molecule has 0 amide bonds. The Morgan fingerprint density at radius 2 is 0.568 bits per heavy atom. The van der Waals surface area contributed by atoms with Crippen LogP contribution in [0.15, 0.2) is 194 Å². The Kier molecular flexibility index (Phi) is 69.4. The fraction of sp³-hybridized carbons (Fsp3) is 0.593. The number of aliphatic carboxylic acids is 1. The summed E-state index contributed by atoms with van der Waals surface area (Å²) >= 11 is 0. The summed E-state index contributed by atoms with van der Waals surface area (Å²) in [6, 6.07) is 0. The largest absolute Gasteiger partial charge is 0.545 e. The van der Waals surface area contributed by atoms with E-state index >= 15 is 0 Å². The third-order valence-corrected chi connectivity index (χ3v) is 15.3. The topological polar surface area (TPSA) is 111 Å². The van der Waals surface area contributed by atoms with Crippen LogP contribution in [0.4, 0.5) is 0 Å². The number of carboxylic acids is 1. The quantitative estimate of drug-likeness (QED) is 0.0195. The lowest BCUT2D eigenvalue weighted by atomic mass is 10.0. The van der Waals surface area contributed by atoms with Crippen LogP contribution in [0.1, 0.15) is 271 Å². The van der Waals surface area contributed by atoms with Crippen molar-refractivity contribution >= 4 is 17.9 Å². The van der Waals surface area contributed by atoms with Crippen molar-refractivity contribution in [1.82, 2.24) is 0 Å². The van der Waals surface area contributed by atoms with E-state index in [1.54, 1.807) is 0 Å². The van der Waals surface area contributed by atoms with E-state index in [1.165, 1.54) is 77.0 Å². The van der Waals surface area contributed by atoms with E-state index in [4.69, 9.17) is 18.9 Å². The predicted molar refractivity (Wildman–Crippen MR) is 407 cm³/mol. The number of unbranched alkanes of at least 4 members (excludes halogenated alkanes) is 20. The Bertz CT molecular complexity index is 2270. The van der Waals surface area contributed by atoms with Crippen molar-refractivity contribution in [3.8, 4) is 0 Å². The number of carbonyl (C=O) groups is 3. The van der Waals surface area contributed by atoms with Crippen molar-refractivity contribution in [3.63, 3.8) is 0 Å². The van der Waals surface area contributed by atoms with E-state index in [0.29, 0.717) is 17.4 Å². The summed E-state index contributed by atoms with van der Waals surface area (Å²) in [5.41, 5.74) is 0. The molecule has 9 heteroatoms. The number of nitrogens with zero attached hydrogens (tertiary/aromatic N) is 1. The second kappa shape index (κ2) is 73.9. The molecule has 2 atom stereocenters. The highest BCUT2D eigenvalue weighted by molar-refractivity contribution is 5.70. The van der Waals surface area contributed by atoms with Gasteiger partial charge < -0.3 is 33.3 Å². The van der Waals surface area contributed by atoms with Gasteiger partial charge in [0.2, 0.25) is 0 Å². The Balaban J connectivity index is 4.17. The summed E-state index contributed by atoms with van der Waals surface area (Å²) in [7, 11) is 5.92. The van der Waals surface area contributed by atoms with Crippen molar-refractivity contribution in [2.75, 3.05) is 47.5 Å². The molecule has 0 aliphatic rings. The van der Waals surface area contributed by atoms with Gasteiger partial charge in [0.05, 0.1) is 40.3 Å². The van der Waals surface area contributed by atoms with Crippen LogP contribution in [0.3, 0.4) is 0 Å². The average Bonchev–Trinajstić information content (AvgIpc) is 3.54. The van der Waals surface area contributed by atoms with Gasteiger partial charge in [0.15, 0.2) is 12.4 Å². The number of hydrogen-bond acceptors (Lipinski definition) is 8. The van der Waals surface area contributed by atoms with Crippen LogP contribution in [-0.2, 0) is 33.3 Å². The van der Waals surface area contributed by atoms with Crippen LogP contribution in [-0.4, -0.2) is 82.3 Å². The Labute approximate surface area is 582 Å². The molecule has 0 radical (unpaired) electrons.